The van der Waals surface area contributed by atoms with E-state index in [1.807, 2.05) is 6.07 Å². The SMILES string of the molecule is COc1ccc(CC2CCCCC(N)C2)cc1F. The zero-order chi connectivity index (χ0) is 13.0. The highest BCUT2D eigenvalue weighted by Crippen LogP contribution is 2.27. The Morgan fingerprint density at radius 2 is 2.11 bits per heavy atom. The molecule has 1 aliphatic rings. The quantitative estimate of drug-likeness (QED) is 0.837. The van der Waals surface area contributed by atoms with Crippen LogP contribution in [0.1, 0.15) is 37.7 Å². The maximum absolute atomic E-state index is 13.6. The molecule has 2 unspecified atom stereocenters. The molecule has 0 aliphatic heterocycles. The van der Waals surface area contributed by atoms with Crippen molar-refractivity contribution in [3.05, 3.63) is 29.6 Å². The lowest BCUT2D eigenvalue weighted by Gasteiger charge is -2.17. The second-order valence-corrected chi connectivity index (χ2v) is 5.32. The summed E-state index contributed by atoms with van der Waals surface area (Å²) in [7, 11) is 1.49. The highest BCUT2D eigenvalue weighted by molar-refractivity contribution is 5.29. The van der Waals surface area contributed by atoms with Crippen LogP contribution in [-0.4, -0.2) is 13.2 Å². The van der Waals surface area contributed by atoms with E-state index in [-0.39, 0.29) is 5.82 Å². The van der Waals surface area contributed by atoms with E-state index >= 15 is 0 Å². The van der Waals surface area contributed by atoms with Crippen LogP contribution >= 0.6 is 0 Å². The third kappa shape index (κ3) is 3.45. The monoisotopic (exact) mass is 251 g/mol. The molecule has 3 heteroatoms. The van der Waals surface area contributed by atoms with Gasteiger partial charge < -0.3 is 10.5 Å². The number of methoxy groups -OCH3 is 1. The van der Waals surface area contributed by atoms with Crippen LogP contribution in [-0.2, 0) is 6.42 Å². The van der Waals surface area contributed by atoms with E-state index in [1.54, 1.807) is 12.1 Å². The molecule has 2 nitrogen and oxygen atoms in total. The minimum absolute atomic E-state index is 0.270. The summed E-state index contributed by atoms with van der Waals surface area (Å²) < 4.78 is 18.5. The van der Waals surface area contributed by atoms with Gasteiger partial charge >= 0.3 is 0 Å². The lowest BCUT2D eigenvalue weighted by Crippen LogP contribution is -2.22. The van der Waals surface area contributed by atoms with Crippen molar-refractivity contribution in [1.82, 2.24) is 0 Å². The van der Waals surface area contributed by atoms with Gasteiger partial charge in [-0.3, -0.25) is 0 Å². The number of nitrogens with two attached hydrogens (primary N) is 1. The van der Waals surface area contributed by atoms with Gasteiger partial charge in [-0.25, -0.2) is 4.39 Å². The number of ether oxygens (including phenoxy) is 1. The van der Waals surface area contributed by atoms with Crippen molar-refractivity contribution >= 4 is 0 Å². The van der Waals surface area contributed by atoms with E-state index in [9.17, 15) is 4.39 Å². The van der Waals surface area contributed by atoms with Crippen molar-refractivity contribution in [1.29, 1.82) is 0 Å². The smallest absolute Gasteiger partial charge is 0.165 e. The van der Waals surface area contributed by atoms with E-state index in [4.69, 9.17) is 10.5 Å². The van der Waals surface area contributed by atoms with Crippen molar-refractivity contribution in [2.24, 2.45) is 11.7 Å². The first kappa shape index (κ1) is 13.3. The Morgan fingerprint density at radius 3 is 2.83 bits per heavy atom. The van der Waals surface area contributed by atoms with E-state index in [1.165, 1.54) is 26.4 Å². The predicted octanol–water partition coefficient (Wildman–Crippen LogP) is 3.28. The van der Waals surface area contributed by atoms with Gasteiger partial charge in [-0.1, -0.05) is 25.3 Å². The van der Waals surface area contributed by atoms with Crippen LogP contribution in [0.25, 0.3) is 0 Å². The Kier molecular flexibility index (Phi) is 4.59. The van der Waals surface area contributed by atoms with Crippen LogP contribution in [0.2, 0.25) is 0 Å². The molecule has 2 atom stereocenters. The van der Waals surface area contributed by atoms with Crippen molar-refractivity contribution in [2.45, 2.75) is 44.6 Å². The summed E-state index contributed by atoms with van der Waals surface area (Å²) in [4.78, 5) is 0. The molecule has 2 rings (SSSR count). The molecule has 1 saturated carbocycles. The van der Waals surface area contributed by atoms with Crippen molar-refractivity contribution in [3.8, 4) is 5.75 Å². The zero-order valence-corrected chi connectivity index (χ0v) is 11.0. The average molecular weight is 251 g/mol. The van der Waals surface area contributed by atoms with Gasteiger partial charge in [0.25, 0.3) is 0 Å². The van der Waals surface area contributed by atoms with Crippen LogP contribution in [0, 0.1) is 11.7 Å². The van der Waals surface area contributed by atoms with Crippen LogP contribution < -0.4 is 10.5 Å². The molecule has 1 fully saturated rings. The number of hydrogen-bond donors (Lipinski definition) is 1. The zero-order valence-electron chi connectivity index (χ0n) is 11.0. The summed E-state index contributed by atoms with van der Waals surface area (Å²) >= 11 is 0. The molecule has 0 heterocycles. The first-order valence-electron chi connectivity index (χ1n) is 6.77. The Balaban J connectivity index is 2.01. The molecule has 1 aromatic carbocycles. The molecule has 0 aromatic heterocycles. The van der Waals surface area contributed by atoms with Crippen molar-refractivity contribution in [2.75, 3.05) is 7.11 Å². The standard InChI is InChI=1S/C15H22FNO/c1-18-15-7-6-12(10-14(15)16)8-11-4-2-3-5-13(17)9-11/h6-7,10-11,13H,2-5,8-9,17H2,1H3. The molecule has 1 aromatic rings. The van der Waals surface area contributed by atoms with Gasteiger partial charge in [-0.15, -0.1) is 0 Å². The molecule has 0 bridgehead atoms. The molecule has 100 valence electrons. The maximum Gasteiger partial charge on any atom is 0.165 e. The molecular weight excluding hydrogens is 229 g/mol. The Bertz CT molecular complexity index is 394. The van der Waals surface area contributed by atoms with E-state index in [0.717, 1.165) is 24.8 Å². The van der Waals surface area contributed by atoms with Gasteiger partial charge in [0.15, 0.2) is 11.6 Å². The minimum Gasteiger partial charge on any atom is -0.494 e. The van der Waals surface area contributed by atoms with Crippen LogP contribution in [0.3, 0.4) is 0 Å². The van der Waals surface area contributed by atoms with E-state index in [0.29, 0.717) is 17.7 Å². The summed E-state index contributed by atoms with van der Waals surface area (Å²) in [5.41, 5.74) is 7.11. The highest BCUT2D eigenvalue weighted by atomic mass is 19.1. The average Bonchev–Trinajstić information content (AvgIpc) is 2.54. The lowest BCUT2D eigenvalue weighted by atomic mass is 9.91. The highest BCUT2D eigenvalue weighted by Gasteiger charge is 2.18. The van der Waals surface area contributed by atoms with Crippen LogP contribution in [0.5, 0.6) is 5.75 Å². The van der Waals surface area contributed by atoms with Gasteiger partial charge in [-0.05, 0) is 42.9 Å². The van der Waals surface area contributed by atoms with Gasteiger partial charge in [0.1, 0.15) is 0 Å². The number of hydrogen-bond acceptors (Lipinski definition) is 2. The minimum atomic E-state index is -0.270. The molecule has 0 saturated heterocycles. The molecule has 18 heavy (non-hydrogen) atoms. The van der Waals surface area contributed by atoms with Gasteiger partial charge in [0.05, 0.1) is 7.11 Å². The molecular formula is C15H22FNO. The molecule has 0 spiro atoms. The number of halogens is 1. The summed E-state index contributed by atoms with van der Waals surface area (Å²) in [6.45, 7) is 0. The summed E-state index contributed by atoms with van der Waals surface area (Å²) in [5.74, 6) is 0.638. The lowest BCUT2D eigenvalue weighted by molar-refractivity contribution is 0.385. The van der Waals surface area contributed by atoms with Gasteiger partial charge in [-0.2, -0.15) is 0 Å². The van der Waals surface area contributed by atoms with Crippen molar-refractivity contribution < 1.29 is 9.13 Å². The van der Waals surface area contributed by atoms with Gasteiger partial charge in [0, 0.05) is 6.04 Å². The third-order valence-corrected chi connectivity index (χ3v) is 3.81. The largest absolute Gasteiger partial charge is 0.494 e. The van der Waals surface area contributed by atoms with Gasteiger partial charge in [0.2, 0.25) is 0 Å². The van der Waals surface area contributed by atoms with Crippen LogP contribution in [0.4, 0.5) is 4.39 Å². The third-order valence-electron chi connectivity index (χ3n) is 3.81. The fraction of sp³-hybridized carbons (Fsp3) is 0.600. The molecule has 0 radical (unpaired) electrons. The maximum atomic E-state index is 13.6. The number of rotatable bonds is 3. The first-order chi connectivity index (χ1) is 8.69. The fourth-order valence-electron chi connectivity index (χ4n) is 2.86. The molecule has 1 aliphatic carbocycles. The normalized spacial score (nSPS) is 24.6. The van der Waals surface area contributed by atoms with Crippen molar-refractivity contribution in [3.63, 3.8) is 0 Å². The summed E-state index contributed by atoms with van der Waals surface area (Å²) in [6, 6.07) is 5.58. The molecule has 0 amide bonds. The predicted molar refractivity (Wildman–Crippen MR) is 71.2 cm³/mol. The second kappa shape index (κ2) is 6.19. The Hall–Kier alpha value is -1.09. The summed E-state index contributed by atoms with van der Waals surface area (Å²) in [6.07, 6.45) is 6.81. The second-order valence-electron chi connectivity index (χ2n) is 5.32. The van der Waals surface area contributed by atoms with E-state index < -0.39 is 0 Å². The Labute approximate surface area is 108 Å². The topological polar surface area (TPSA) is 35.2 Å². The molecule has 2 N–H and O–H groups in total. The fourth-order valence-corrected chi connectivity index (χ4v) is 2.86. The Morgan fingerprint density at radius 1 is 1.33 bits per heavy atom. The first-order valence-corrected chi connectivity index (χ1v) is 6.77. The summed E-state index contributed by atoms with van der Waals surface area (Å²) in [5, 5.41) is 0. The van der Waals surface area contributed by atoms with Crippen LogP contribution in [0.15, 0.2) is 18.2 Å². The van der Waals surface area contributed by atoms with E-state index in [2.05, 4.69) is 0 Å². The number of benzene rings is 1.